The summed E-state index contributed by atoms with van der Waals surface area (Å²) < 4.78 is 5.16. The first kappa shape index (κ1) is 12.9. The van der Waals surface area contributed by atoms with Crippen LogP contribution in [0.25, 0.3) is 0 Å². The lowest BCUT2D eigenvalue weighted by molar-refractivity contribution is -0.483. The standard InChI is InChI=1S/C13H12N2O4/c16-12(11-4-1-2-6-14-11)8-10(9-15(17)18)13-5-3-7-19-13/h1-7,10H,8-9H2/t10-/m0/s1. The van der Waals surface area contributed by atoms with E-state index in [1.165, 1.54) is 12.5 Å². The number of nitrogens with zero attached hydrogens (tertiary/aromatic N) is 2. The Kier molecular flexibility index (Phi) is 4.02. The Labute approximate surface area is 109 Å². The van der Waals surface area contributed by atoms with Crippen LogP contribution in [-0.4, -0.2) is 22.2 Å². The van der Waals surface area contributed by atoms with Gasteiger partial charge in [0.05, 0.1) is 12.2 Å². The van der Waals surface area contributed by atoms with E-state index in [0.717, 1.165) is 0 Å². The van der Waals surface area contributed by atoms with Crippen molar-refractivity contribution in [2.45, 2.75) is 12.3 Å². The fourth-order valence-corrected chi connectivity index (χ4v) is 1.81. The zero-order chi connectivity index (χ0) is 13.7. The fraction of sp³-hybridized carbons (Fsp3) is 0.231. The van der Waals surface area contributed by atoms with Gasteiger partial charge in [0.25, 0.3) is 0 Å². The van der Waals surface area contributed by atoms with Crippen LogP contribution in [0.3, 0.4) is 0 Å². The number of nitro groups is 1. The molecule has 6 nitrogen and oxygen atoms in total. The molecule has 0 radical (unpaired) electrons. The van der Waals surface area contributed by atoms with E-state index >= 15 is 0 Å². The second kappa shape index (κ2) is 5.90. The number of ketones is 1. The molecule has 0 bridgehead atoms. The van der Waals surface area contributed by atoms with Crippen LogP contribution in [0, 0.1) is 10.1 Å². The van der Waals surface area contributed by atoms with Crippen LogP contribution >= 0.6 is 0 Å². The van der Waals surface area contributed by atoms with Gasteiger partial charge in [0.15, 0.2) is 5.78 Å². The highest BCUT2D eigenvalue weighted by Crippen LogP contribution is 2.22. The van der Waals surface area contributed by atoms with Crippen molar-refractivity contribution in [2.75, 3.05) is 6.54 Å². The first-order valence-corrected chi connectivity index (χ1v) is 5.76. The molecule has 0 aliphatic heterocycles. The molecule has 0 amide bonds. The number of pyridine rings is 1. The molecule has 0 spiro atoms. The van der Waals surface area contributed by atoms with Crippen molar-refractivity contribution >= 4 is 5.78 Å². The van der Waals surface area contributed by atoms with Crippen LogP contribution < -0.4 is 0 Å². The summed E-state index contributed by atoms with van der Waals surface area (Å²) in [6.45, 7) is -0.341. The summed E-state index contributed by atoms with van der Waals surface area (Å²) in [5, 5.41) is 10.7. The van der Waals surface area contributed by atoms with E-state index in [9.17, 15) is 14.9 Å². The summed E-state index contributed by atoms with van der Waals surface area (Å²) in [6.07, 6.45) is 2.96. The SMILES string of the molecule is O=C(C[C@@H](C[N+](=O)[O-])c1ccco1)c1ccccn1. The normalized spacial score (nSPS) is 12.0. The number of carbonyl (C=O) groups is 1. The molecule has 2 aromatic heterocycles. The Hall–Kier alpha value is -2.50. The molecule has 2 rings (SSSR count). The Morgan fingerprint density at radius 2 is 2.21 bits per heavy atom. The third kappa shape index (κ3) is 3.48. The minimum absolute atomic E-state index is 0.00546. The zero-order valence-corrected chi connectivity index (χ0v) is 10.1. The van der Waals surface area contributed by atoms with Gasteiger partial charge in [-0.05, 0) is 24.3 Å². The summed E-state index contributed by atoms with van der Waals surface area (Å²) in [5.74, 6) is -0.357. The molecule has 0 aromatic carbocycles. The van der Waals surface area contributed by atoms with Gasteiger partial charge in [-0.2, -0.15) is 0 Å². The van der Waals surface area contributed by atoms with Crippen LogP contribution in [0.2, 0.25) is 0 Å². The van der Waals surface area contributed by atoms with Crippen molar-refractivity contribution in [3.8, 4) is 0 Å². The third-order valence-corrected chi connectivity index (χ3v) is 2.70. The lowest BCUT2D eigenvalue weighted by atomic mass is 9.98. The molecule has 2 heterocycles. The maximum absolute atomic E-state index is 12.0. The van der Waals surface area contributed by atoms with Crippen LogP contribution in [-0.2, 0) is 0 Å². The summed E-state index contributed by atoms with van der Waals surface area (Å²) in [5.41, 5.74) is 0.308. The molecule has 6 heteroatoms. The van der Waals surface area contributed by atoms with E-state index in [0.29, 0.717) is 11.5 Å². The van der Waals surface area contributed by atoms with Crippen LogP contribution in [0.4, 0.5) is 0 Å². The Bertz CT molecular complexity index is 551. The molecule has 1 atom stereocenters. The molecule has 0 aliphatic carbocycles. The largest absolute Gasteiger partial charge is 0.469 e. The maximum atomic E-state index is 12.0. The lowest BCUT2D eigenvalue weighted by Gasteiger charge is -2.08. The molecule has 0 fully saturated rings. The zero-order valence-electron chi connectivity index (χ0n) is 10.1. The van der Waals surface area contributed by atoms with Crippen molar-refractivity contribution in [3.63, 3.8) is 0 Å². The highest BCUT2D eigenvalue weighted by molar-refractivity contribution is 5.94. The summed E-state index contributed by atoms with van der Waals surface area (Å²) in [7, 11) is 0. The van der Waals surface area contributed by atoms with Crippen molar-refractivity contribution in [3.05, 3.63) is 64.4 Å². The fourth-order valence-electron chi connectivity index (χ4n) is 1.81. The Balaban J connectivity index is 2.12. The molecule has 0 saturated heterocycles. The number of carbonyl (C=O) groups excluding carboxylic acids is 1. The molecule has 98 valence electrons. The van der Waals surface area contributed by atoms with E-state index in [1.54, 1.807) is 30.3 Å². The highest BCUT2D eigenvalue weighted by atomic mass is 16.6. The van der Waals surface area contributed by atoms with E-state index in [1.807, 2.05) is 0 Å². The molecule has 0 aliphatic rings. The second-order valence-corrected chi connectivity index (χ2v) is 4.07. The molecule has 0 N–H and O–H groups in total. The Morgan fingerprint density at radius 1 is 1.37 bits per heavy atom. The summed E-state index contributed by atoms with van der Waals surface area (Å²) in [6, 6.07) is 8.29. The number of aromatic nitrogens is 1. The lowest BCUT2D eigenvalue weighted by Crippen LogP contribution is -2.16. The van der Waals surface area contributed by atoms with Gasteiger partial charge < -0.3 is 4.42 Å². The predicted octanol–water partition coefficient (Wildman–Crippen LogP) is 2.31. The van der Waals surface area contributed by atoms with E-state index in [2.05, 4.69) is 4.98 Å². The van der Waals surface area contributed by atoms with E-state index in [-0.39, 0.29) is 18.7 Å². The summed E-state index contributed by atoms with van der Waals surface area (Å²) in [4.78, 5) is 26.2. The topological polar surface area (TPSA) is 86.2 Å². The van der Waals surface area contributed by atoms with Gasteiger partial charge in [-0.25, -0.2) is 0 Å². The molecule has 2 aromatic rings. The van der Waals surface area contributed by atoms with Crippen LogP contribution in [0.5, 0.6) is 0 Å². The molecule has 0 unspecified atom stereocenters. The number of Topliss-reactive ketones (excluding diaryl/α,β-unsaturated/α-hetero) is 1. The Morgan fingerprint density at radius 3 is 2.79 bits per heavy atom. The first-order chi connectivity index (χ1) is 9.16. The van der Waals surface area contributed by atoms with E-state index < -0.39 is 10.8 Å². The maximum Gasteiger partial charge on any atom is 0.214 e. The second-order valence-electron chi connectivity index (χ2n) is 4.07. The monoisotopic (exact) mass is 260 g/mol. The molecular weight excluding hydrogens is 248 g/mol. The van der Waals surface area contributed by atoms with Gasteiger partial charge in [0.2, 0.25) is 6.54 Å². The number of hydrogen-bond donors (Lipinski definition) is 0. The van der Waals surface area contributed by atoms with Gasteiger partial charge in [-0.15, -0.1) is 0 Å². The van der Waals surface area contributed by atoms with Crippen LogP contribution in [0.15, 0.2) is 47.2 Å². The molecule has 0 saturated carbocycles. The quantitative estimate of drug-likeness (QED) is 0.452. The molecular formula is C13H12N2O4. The number of rotatable bonds is 6. The smallest absolute Gasteiger partial charge is 0.214 e. The van der Waals surface area contributed by atoms with Crippen molar-refractivity contribution in [1.82, 2.24) is 4.98 Å². The molecule has 19 heavy (non-hydrogen) atoms. The highest BCUT2D eigenvalue weighted by Gasteiger charge is 2.24. The first-order valence-electron chi connectivity index (χ1n) is 5.76. The predicted molar refractivity (Wildman–Crippen MR) is 66.5 cm³/mol. The van der Waals surface area contributed by atoms with Crippen molar-refractivity contribution < 1.29 is 14.1 Å². The van der Waals surface area contributed by atoms with Gasteiger partial charge in [-0.3, -0.25) is 19.9 Å². The number of hydrogen-bond acceptors (Lipinski definition) is 5. The van der Waals surface area contributed by atoms with Gasteiger partial charge >= 0.3 is 0 Å². The van der Waals surface area contributed by atoms with E-state index in [4.69, 9.17) is 4.42 Å². The summed E-state index contributed by atoms with van der Waals surface area (Å²) >= 11 is 0. The third-order valence-electron chi connectivity index (χ3n) is 2.70. The van der Waals surface area contributed by atoms with Gasteiger partial charge in [-0.1, -0.05) is 6.07 Å². The van der Waals surface area contributed by atoms with Gasteiger partial charge in [0.1, 0.15) is 11.5 Å². The van der Waals surface area contributed by atoms with Crippen molar-refractivity contribution in [1.29, 1.82) is 0 Å². The van der Waals surface area contributed by atoms with Crippen LogP contribution in [0.1, 0.15) is 28.6 Å². The number of furan rings is 1. The van der Waals surface area contributed by atoms with Crippen molar-refractivity contribution in [2.24, 2.45) is 0 Å². The minimum atomic E-state index is -0.570. The minimum Gasteiger partial charge on any atom is -0.469 e. The average molecular weight is 260 g/mol. The van der Waals surface area contributed by atoms with Gasteiger partial charge in [0, 0.05) is 17.5 Å². The average Bonchev–Trinajstić information content (AvgIpc) is 2.92.